The van der Waals surface area contributed by atoms with Crippen LogP contribution in [0.4, 0.5) is 4.79 Å². The van der Waals surface area contributed by atoms with E-state index in [0.29, 0.717) is 19.5 Å². The third kappa shape index (κ3) is 4.88. The lowest BCUT2D eigenvalue weighted by molar-refractivity contribution is -0.143. The number of amides is 2. The highest BCUT2D eigenvalue weighted by molar-refractivity contribution is 5.76. The molecule has 0 saturated carbocycles. The molecule has 2 N–H and O–H groups in total. The molecule has 2 unspecified atom stereocenters. The molecule has 1 heterocycles. The van der Waals surface area contributed by atoms with Crippen LogP contribution in [0.5, 0.6) is 5.75 Å². The summed E-state index contributed by atoms with van der Waals surface area (Å²) in [5.74, 6) is -0.473. The van der Waals surface area contributed by atoms with Crippen LogP contribution in [0.1, 0.15) is 31.7 Å². The number of para-hydroxylation sites is 1. The molecule has 1 aromatic carbocycles. The monoisotopic (exact) mass is 334 g/mol. The molecule has 0 bridgehead atoms. The summed E-state index contributed by atoms with van der Waals surface area (Å²) in [5, 5.41) is 12.0. The van der Waals surface area contributed by atoms with Crippen molar-refractivity contribution >= 4 is 12.0 Å². The van der Waals surface area contributed by atoms with E-state index in [2.05, 4.69) is 5.32 Å². The average Bonchev–Trinajstić information content (AvgIpc) is 2.60. The number of ether oxygens (including phenoxy) is 1. The summed E-state index contributed by atoms with van der Waals surface area (Å²) in [6.07, 6.45) is 2.01. The summed E-state index contributed by atoms with van der Waals surface area (Å²) in [6.45, 7) is 5.27. The maximum Gasteiger partial charge on any atom is 0.317 e. The molecule has 1 saturated heterocycles. The molecule has 0 radical (unpaired) electrons. The third-order valence-corrected chi connectivity index (χ3v) is 4.38. The van der Waals surface area contributed by atoms with Gasteiger partial charge in [0.15, 0.2) is 0 Å². The van der Waals surface area contributed by atoms with Gasteiger partial charge in [-0.15, -0.1) is 0 Å². The Morgan fingerprint density at radius 2 is 2.17 bits per heavy atom. The number of carbonyl (C=O) groups excluding carboxylic acids is 1. The van der Waals surface area contributed by atoms with Crippen LogP contribution in [-0.2, 0) is 4.79 Å². The van der Waals surface area contributed by atoms with Gasteiger partial charge in [-0.05, 0) is 37.8 Å². The van der Waals surface area contributed by atoms with E-state index in [9.17, 15) is 9.59 Å². The van der Waals surface area contributed by atoms with E-state index in [1.807, 2.05) is 38.1 Å². The zero-order chi connectivity index (χ0) is 17.5. The number of benzene rings is 1. The van der Waals surface area contributed by atoms with E-state index in [1.165, 1.54) is 0 Å². The van der Waals surface area contributed by atoms with Crippen molar-refractivity contribution in [3.05, 3.63) is 29.8 Å². The van der Waals surface area contributed by atoms with E-state index in [1.54, 1.807) is 4.90 Å². The summed E-state index contributed by atoms with van der Waals surface area (Å²) < 4.78 is 5.96. The Morgan fingerprint density at radius 1 is 1.42 bits per heavy atom. The highest BCUT2D eigenvalue weighted by Gasteiger charge is 2.28. The molecule has 1 aliphatic rings. The van der Waals surface area contributed by atoms with Crippen LogP contribution in [0.15, 0.2) is 24.3 Å². The van der Waals surface area contributed by atoms with Gasteiger partial charge in [-0.3, -0.25) is 4.79 Å². The predicted octanol–water partition coefficient (Wildman–Crippen LogP) is 2.66. The fraction of sp³-hybridized carbons (Fsp3) is 0.556. The smallest absolute Gasteiger partial charge is 0.317 e. The van der Waals surface area contributed by atoms with Crippen molar-refractivity contribution in [2.45, 2.75) is 39.2 Å². The van der Waals surface area contributed by atoms with Gasteiger partial charge in [0.2, 0.25) is 0 Å². The molecule has 6 nitrogen and oxygen atoms in total. The fourth-order valence-corrected chi connectivity index (χ4v) is 2.81. The number of hydrogen-bond donors (Lipinski definition) is 2. The topological polar surface area (TPSA) is 78.9 Å². The van der Waals surface area contributed by atoms with Gasteiger partial charge in [0.25, 0.3) is 0 Å². The standard InChI is InChI=1S/C18H26N2O4/c1-3-15(24-16-9-5-4-7-13(16)2)11-19-18(23)20-10-6-8-14(12-20)17(21)22/h4-5,7,9,14-15H,3,6,8,10-12H2,1-2H3,(H,19,23)(H,21,22). The molecule has 1 aliphatic heterocycles. The Hall–Kier alpha value is -2.24. The first-order valence-corrected chi connectivity index (χ1v) is 8.49. The minimum atomic E-state index is -0.832. The molecule has 0 aromatic heterocycles. The maximum atomic E-state index is 12.3. The van der Waals surface area contributed by atoms with Crippen molar-refractivity contribution in [1.82, 2.24) is 10.2 Å². The molecule has 2 atom stereocenters. The first kappa shape index (κ1) is 18.1. The Balaban J connectivity index is 1.85. The van der Waals surface area contributed by atoms with Crippen LogP contribution in [0.2, 0.25) is 0 Å². The van der Waals surface area contributed by atoms with Crippen LogP contribution >= 0.6 is 0 Å². The van der Waals surface area contributed by atoms with Crippen molar-refractivity contribution < 1.29 is 19.4 Å². The zero-order valence-electron chi connectivity index (χ0n) is 14.3. The normalized spacial score (nSPS) is 18.8. The number of piperidine rings is 1. The second-order valence-electron chi connectivity index (χ2n) is 6.22. The number of carboxylic acids is 1. The number of likely N-dealkylation sites (tertiary alicyclic amines) is 1. The van der Waals surface area contributed by atoms with Gasteiger partial charge in [-0.25, -0.2) is 4.79 Å². The Bertz CT molecular complexity index is 576. The number of hydrogen-bond acceptors (Lipinski definition) is 3. The number of nitrogens with one attached hydrogen (secondary N) is 1. The Morgan fingerprint density at radius 3 is 2.83 bits per heavy atom. The molecule has 132 valence electrons. The molecule has 0 spiro atoms. The average molecular weight is 334 g/mol. The minimum Gasteiger partial charge on any atom is -0.488 e. The SMILES string of the molecule is CCC(CNC(=O)N1CCCC(C(=O)O)C1)Oc1ccccc1C. The number of urea groups is 1. The molecule has 0 aliphatic carbocycles. The summed E-state index contributed by atoms with van der Waals surface area (Å²) >= 11 is 0. The van der Waals surface area contributed by atoms with Crippen LogP contribution in [0, 0.1) is 12.8 Å². The van der Waals surface area contributed by atoms with E-state index in [0.717, 1.165) is 24.2 Å². The van der Waals surface area contributed by atoms with E-state index in [-0.39, 0.29) is 18.7 Å². The lowest BCUT2D eigenvalue weighted by Crippen LogP contribution is -2.49. The summed E-state index contributed by atoms with van der Waals surface area (Å²) in [7, 11) is 0. The number of nitrogens with zero attached hydrogens (tertiary/aromatic N) is 1. The zero-order valence-corrected chi connectivity index (χ0v) is 14.3. The van der Waals surface area contributed by atoms with Crippen LogP contribution in [0.3, 0.4) is 0 Å². The lowest BCUT2D eigenvalue weighted by atomic mass is 9.99. The van der Waals surface area contributed by atoms with Crippen molar-refractivity contribution in [3.8, 4) is 5.75 Å². The minimum absolute atomic E-state index is 0.116. The van der Waals surface area contributed by atoms with E-state index < -0.39 is 11.9 Å². The summed E-state index contributed by atoms with van der Waals surface area (Å²) in [5.41, 5.74) is 1.06. The van der Waals surface area contributed by atoms with Crippen LogP contribution < -0.4 is 10.1 Å². The van der Waals surface area contributed by atoms with Crippen LogP contribution in [0.25, 0.3) is 0 Å². The third-order valence-electron chi connectivity index (χ3n) is 4.38. The fourth-order valence-electron chi connectivity index (χ4n) is 2.81. The van der Waals surface area contributed by atoms with Crippen molar-refractivity contribution in [2.75, 3.05) is 19.6 Å². The maximum absolute atomic E-state index is 12.3. The van der Waals surface area contributed by atoms with Gasteiger partial charge in [-0.2, -0.15) is 0 Å². The van der Waals surface area contributed by atoms with Gasteiger partial charge in [0.1, 0.15) is 11.9 Å². The lowest BCUT2D eigenvalue weighted by Gasteiger charge is -2.31. The first-order chi connectivity index (χ1) is 11.5. The van der Waals surface area contributed by atoms with Gasteiger partial charge < -0.3 is 20.1 Å². The first-order valence-electron chi connectivity index (χ1n) is 8.49. The van der Waals surface area contributed by atoms with Crippen molar-refractivity contribution in [1.29, 1.82) is 0 Å². The number of aryl methyl sites for hydroxylation is 1. The molecular formula is C18H26N2O4. The number of carbonyl (C=O) groups is 2. The summed E-state index contributed by atoms with van der Waals surface area (Å²) in [4.78, 5) is 25.0. The summed E-state index contributed by atoms with van der Waals surface area (Å²) in [6, 6.07) is 7.57. The molecular weight excluding hydrogens is 308 g/mol. The molecule has 2 rings (SSSR count). The van der Waals surface area contributed by atoms with Crippen molar-refractivity contribution in [2.24, 2.45) is 5.92 Å². The van der Waals surface area contributed by atoms with E-state index in [4.69, 9.17) is 9.84 Å². The Kier molecular flexibility index (Phi) is 6.46. The molecule has 1 fully saturated rings. The predicted molar refractivity (Wildman–Crippen MR) is 91.2 cm³/mol. The second-order valence-corrected chi connectivity index (χ2v) is 6.22. The molecule has 1 aromatic rings. The van der Waals surface area contributed by atoms with Crippen LogP contribution in [-0.4, -0.2) is 47.7 Å². The van der Waals surface area contributed by atoms with Gasteiger partial charge >= 0.3 is 12.0 Å². The number of rotatable bonds is 6. The van der Waals surface area contributed by atoms with Gasteiger partial charge in [-0.1, -0.05) is 25.1 Å². The molecule has 2 amide bonds. The largest absolute Gasteiger partial charge is 0.488 e. The van der Waals surface area contributed by atoms with Gasteiger partial charge in [0, 0.05) is 13.1 Å². The highest BCUT2D eigenvalue weighted by Crippen LogP contribution is 2.19. The number of aliphatic carboxylic acids is 1. The second kappa shape index (κ2) is 8.57. The quantitative estimate of drug-likeness (QED) is 0.838. The van der Waals surface area contributed by atoms with Crippen molar-refractivity contribution in [3.63, 3.8) is 0 Å². The number of carboxylic acid groups (broad SMARTS) is 1. The van der Waals surface area contributed by atoms with E-state index >= 15 is 0 Å². The Labute approximate surface area is 142 Å². The highest BCUT2D eigenvalue weighted by atomic mass is 16.5. The molecule has 6 heteroatoms. The van der Waals surface area contributed by atoms with Gasteiger partial charge in [0.05, 0.1) is 12.5 Å². The molecule has 24 heavy (non-hydrogen) atoms.